The maximum atomic E-state index is 12.1. The van der Waals surface area contributed by atoms with Gasteiger partial charge in [0.05, 0.1) is 0 Å². The predicted molar refractivity (Wildman–Crippen MR) is 72.6 cm³/mol. The lowest BCUT2D eigenvalue weighted by Gasteiger charge is -2.09. The number of ether oxygens (including phenoxy) is 1. The van der Waals surface area contributed by atoms with Crippen LogP contribution in [0.4, 0.5) is 13.2 Å². The van der Waals surface area contributed by atoms with Gasteiger partial charge in [0, 0.05) is 17.0 Å². The smallest absolute Gasteiger partial charge is 0.406 e. The number of carbonyl (C=O) groups is 1. The average molecular weight is 315 g/mol. The molecule has 0 aromatic heterocycles. The number of alkyl halides is 3. The van der Waals surface area contributed by atoms with Gasteiger partial charge in [-0.3, -0.25) is 4.79 Å². The Hall–Kier alpha value is -2.01. The Balaban J connectivity index is 2.12. The number of rotatable bonds is 4. The molecule has 2 aromatic rings. The molecule has 0 aliphatic rings. The van der Waals surface area contributed by atoms with Crippen molar-refractivity contribution < 1.29 is 22.7 Å². The molecule has 2 nitrogen and oxygen atoms in total. The van der Waals surface area contributed by atoms with E-state index in [2.05, 4.69) is 4.74 Å². The van der Waals surface area contributed by atoms with Crippen molar-refractivity contribution in [3.63, 3.8) is 0 Å². The standard InChI is InChI=1S/C15H10ClF3O2/c16-12-6-4-10(5-7-12)8-14(20)11-2-1-3-13(9-11)21-15(17,18)19/h1-7,9H,8H2. The van der Waals surface area contributed by atoms with Crippen molar-refractivity contribution in [3.05, 3.63) is 64.7 Å². The molecule has 110 valence electrons. The van der Waals surface area contributed by atoms with E-state index >= 15 is 0 Å². The molecule has 0 fully saturated rings. The summed E-state index contributed by atoms with van der Waals surface area (Å²) in [7, 11) is 0. The molecule has 0 heterocycles. The van der Waals surface area contributed by atoms with E-state index in [9.17, 15) is 18.0 Å². The second-order valence-corrected chi connectivity index (χ2v) is 4.74. The molecule has 0 radical (unpaired) electrons. The van der Waals surface area contributed by atoms with Crippen LogP contribution in [0.1, 0.15) is 15.9 Å². The summed E-state index contributed by atoms with van der Waals surface area (Å²) in [6, 6.07) is 11.7. The highest BCUT2D eigenvalue weighted by Gasteiger charge is 2.31. The van der Waals surface area contributed by atoms with Crippen molar-refractivity contribution in [2.75, 3.05) is 0 Å². The quantitative estimate of drug-likeness (QED) is 0.767. The second-order valence-electron chi connectivity index (χ2n) is 4.30. The van der Waals surface area contributed by atoms with Crippen LogP contribution in [0.2, 0.25) is 5.02 Å². The van der Waals surface area contributed by atoms with Gasteiger partial charge in [0.15, 0.2) is 5.78 Å². The van der Waals surface area contributed by atoms with Crippen molar-refractivity contribution in [2.45, 2.75) is 12.8 Å². The van der Waals surface area contributed by atoms with E-state index in [4.69, 9.17) is 11.6 Å². The average Bonchev–Trinajstić information content (AvgIpc) is 2.40. The fraction of sp³-hybridized carbons (Fsp3) is 0.133. The highest BCUT2D eigenvalue weighted by molar-refractivity contribution is 6.30. The zero-order valence-corrected chi connectivity index (χ0v) is 11.4. The highest BCUT2D eigenvalue weighted by atomic mass is 35.5. The number of hydrogen-bond donors (Lipinski definition) is 0. The SMILES string of the molecule is O=C(Cc1ccc(Cl)cc1)c1cccc(OC(F)(F)F)c1. The minimum atomic E-state index is -4.78. The number of Topliss-reactive ketones (excluding diaryl/α,β-unsaturated/α-hetero) is 1. The van der Waals surface area contributed by atoms with Crippen LogP contribution in [0, 0.1) is 0 Å². The molecule has 2 rings (SSSR count). The van der Waals surface area contributed by atoms with E-state index in [-0.39, 0.29) is 17.8 Å². The van der Waals surface area contributed by atoms with Crippen LogP contribution in [-0.2, 0) is 6.42 Å². The number of benzene rings is 2. The molecule has 2 aromatic carbocycles. The number of halogens is 4. The van der Waals surface area contributed by atoms with Gasteiger partial charge in [0.25, 0.3) is 0 Å². The van der Waals surface area contributed by atoms with Crippen LogP contribution < -0.4 is 4.74 Å². The second kappa shape index (κ2) is 6.18. The first kappa shape index (κ1) is 15.4. The third-order valence-electron chi connectivity index (χ3n) is 2.67. The van der Waals surface area contributed by atoms with Crippen molar-refractivity contribution in [1.82, 2.24) is 0 Å². The maximum absolute atomic E-state index is 12.1. The van der Waals surface area contributed by atoms with E-state index < -0.39 is 12.1 Å². The van der Waals surface area contributed by atoms with E-state index in [0.29, 0.717) is 5.02 Å². The molecule has 0 unspecified atom stereocenters. The summed E-state index contributed by atoms with van der Waals surface area (Å²) in [5.74, 6) is -0.714. The normalized spacial score (nSPS) is 11.2. The summed E-state index contributed by atoms with van der Waals surface area (Å²) in [6.07, 6.45) is -4.70. The molecular weight excluding hydrogens is 305 g/mol. The summed E-state index contributed by atoms with van der Waals surface area (Å²) >= 11 is 5.74. The number of hydrogen-bond acceptors (Lipinski definition) is 2. The summed E-state index contributed by atoms with van der Waals surface area (Å²) in [5.41, 5.74) is 0.887. The van der Waals surface area contributed by atoms with Crippen molar-refractivity contribution in [1.29, 1.82) is 0 Å². The van der Waals surface area contributed by atoms with Gasteiger partial charge in [-0.2, -0.15) is 0 Å². The largest absolute Gasteiger partial charge is 0.573 e. The van der Waals surface area contributed by atoms with E-state index in [1.165, 1.54) is 12.1 Å². The molecule has 0 N–H and O–H groups in total. The lowest BCUT2D eigenvalue weighted by atomic mass is 10.0. The van der Waals surface area contributed by atoms with Crippen LogP contribution in [-0.4, -0.2) is 12.1 Å². The fourth-order valence-electron chi connectivity index (χ4n) is 1.76. The molecule has 6 heteroatoms. The van der Waals surface area contributed by atoms with Crippen molar-refractivity contribution in [2.24, 2.45) is 0 Å². The first-order valence-corrected chi connectivity index (χ1v) is 6.35. The lowest BCUT2D eigenvalue weighted by Crippen LogP contribution is -2.17. The predicted octanol–water partition coefficient (Wildman–Crippen LogP) is 4.66. The third-order valence-corrected chi connectivity index (χ3v) is 2.92. The Labute approximate surface area is 124 Å². The number of carbonyl (C=O) groups excluding carboxylic acids is 1. The summed E-state index contributed by atoms with van der Waals surface area (Å²) < 4.78 is 40.2. The molecule has 0 atom stereocenters. The van der Waals surface area contributed by atoms with Gasteiger partial charge >= 0.3 is 6.36 Å². The Morgan fingerprint density at radius 2 is 1.76 bits per heavy atom. The molecule has 0 saturated heterocycles. The van der Waals surface area contributed by atoms with Crippen molar-refractivity contribution in [3.8, 4) is 5.75 Å². The molecule has 0 aliphatic carbocycles. The molecule has 21 heavy (non-hydrogen) atoms. The highest BCUT2D eigenvalue weighted by Crippen LogP contribution is 2.24. The van der Waals surface area contributed by atoms with E-state index in [0.717, 1.165) is 17.7 Å². The molecule has 0 bridgehead atoms. The molecule has 0 spiro atoms. The zero-order chi connectivity index (χ0) is 15.5. The van der Waals surface area contributed by atoms with Gasteiger partial charge in [-0.1, -0.05) is 35.9 Å². The Morgan fingerprint density at radius 3 is 2.38 bits per heavy atom. The van der Waals surface area contributed by atoms with Gasteiger partial charge in [-0.25, -0.2) is 0 Å². The van der Waals surface area contributed by atoms with E-state index in [1.54, 1.807) is 24.3 Å². The van der Waals surface area contributed by atoms with E-state index in [1.807, 2.05) is 0 Å². The fourth-order valence-corrected chi connectivity index (χ4v) is 1.88. The van der Waals surface area contributed by atoms with Crippen LogP contribution in [0.25, 0.3) is 0 Å². The van der Waals surface area contributed by atoms with Crippen LogP contribution in [0.15, 0.2) is 48.5 Å². The zero-order valence-electron chi connectivity index (χ0n) is 10.7. The summed E-state index contributed by atoms with van der Waals surface area (Å²) in [4.78, 5) is 12.0. The molecular formula is C15H10ClF3O2. The van der Waals surface area contributed by atoms with Crippen LogP contribution >= 0.6 is 11.6 Å². The first-order valence-electron chi connectivity index (χ1n) is 5.97. The molecule has 0 amide bonds. The van der Waals surface area contributed by atoms with Crippen LogP contribution in [0.5, 0.6) is 5.75 Å². The monoisotopic (exact) mass is 314 g/mol. The third kappa shape index (κ3) is 4.79. The van der Waals surface area contributed by atoms with Gasteiger partial charge in [-0.05, 0) is 29.8 Å². The molecule has 0 aliphatic heterocycles. The minimum absolute atomic E-state index is 0.0760. The number of ketones is 1. The Morgan fingerprint density at radius 1 is 1.10 bits per heavy atom. The minimum Gasteiger partial charge on any atom is -0.406 e. The van der Waals surface area contributed by atoms with Gasteiger partial charge in [0.1, 0.15) is 5.75 Å². The molecule has 0 saturated carbocycles. The Kier molecular flexibility index (Phi) is 4.53. The van der Waals surface area contributed by atoms with Gasteiger partial charge in [0.2, 0.25) is 0 Å². The first-order chi connectivity index (χ1) is 9.83. The summed E-state index contributed by atoms with van der Waals surface area (Å²) in [6.45, 7) is 0. The maximum Gasteiger partial charge on any atom is 0.573 e. The lowest BCUT2D eigenvalue weighted by molar-refractivity contribution is -0.274. The van der Waals surface area contributed by atoms with Gasteiger partial charge < -0.3 is 4.74 Å². The Bertz CT molecular complexity index is 636. The van der Waals surface area contributed by atoms with Crippen LogP contribution in [0.3, 0.4) is 0 Å². The summed E-state index contributed by atoms with van der Waals surface area (Å²) in [5, 5.41) is 0.548. The van der Waals surface area contributed by atoms with Crippen molar-refractivity contribution >= 4 is 17.4 Å². The topological polar surface area (TPSA) is 26.3 Å². The van der Waals surface area contributed by atoms with Gasteiger partial charge in [-0.15, -0.1) is 13.2 Å².